The topological polar surface area (TPSA) is 58.4 Å². The number of halogens is 1. The van der Waals surface area contributed by atoms with Crippen LogP contribution >= 0.6 is 0 Å². The molecular weight excluding hydrogens is 297 g/mol. The Morgan fingerprint density at radius 3 is 2.61 bits per heavy atom. The number of aliphatic hydroxyl groups excluding tert-OH is 1. The molecule has 0 spiro atoms. The van der Waals surface area contributed by atoms with Gasteiger partial charge in [0.2, 0.25) is 0 Å². The van der Waals surface area contributed by atoms with Crippen molar-refractivity contribution in [1.82, 2.24) is 14.7 Å². The molecule has 1 N–H and O–H groups in total. The Hall–Kier alpha value is -2.21. The van der Waals surface area contributed by atoms with E-state index in [1.807, 2.05) is 13.8 Å². The number of hydrogen-bond acceptors (Lipinski definition) is 3. The fraction of sp³-hybridized carbons (Fsp3) is 0.412. The molecule has 6 heteroatoms. The SMILES string of the molecule is CC(C)c1c(C(=O)N2CC[C@@H](O)C2)cnn1-c1ccc(F)cc1. The van der Waals surface area contributed by atoms with Crippen LogP contribution in [0, 0.1) is 5.82 Å². The average Bonchev–Trinajstić information content (AvgIpc) is 3.13. The second kappa shape index (κ2) is 6.12. The van der Waals surface area contributed by atoms with Gasteiger partial charge in [-0.05, 0) is 36.6 Å². The van der Waals surface area contributed by atoms with Crippen molar-refractivity contribution < 1.29 is 14.3 Å². The van der Waals surface area contributed by atoms with E-state index in [1.54, 1.807) is 27.9 Å². The van der Waals surface area contributed by atoms with Gasteiger partial charge in [0.05, 0.1) is 29.2 Å². The van der Waals surface area contributed by atoms with Crippen LogP contribution in [-0.2, 0) is 0 Å². The summed E-state index contributed by atoms with van der Waals surface area (Å²) in [6.07, 6.45) is 1.72. The Kier molecular flexibility index (Phi) is 4.17. The van der Waals surface area contributed by atoms with Crippen LogP contribution in [0.2, 0.25) is 0 Å². The average molecular weight is 317 g/mol. The first-order chi connectivity index (χ1) is 11.0. The molecule has 5 nitrogen and oxygen atoms in total. The predicted molar refractivity (Wildman–Crippen MR) is 84.1 cm³/mol. The summed E-state index contributed by atoms with van der Waals surface area (Å²) < 4.78 is 14.8. The third-order valence-corrected chi connectivity index (χ3v) is 4.11. The van der Waals surface area contributed by atoms with Crippen molar-refractivity contribution in [2.75, 3.05) is 13.1 Å². The molecular formula is C17H20FN3O2. The van der Waals surface area contributed by atoms with Crippen molar-refractivity contribution in [2.24, 2.45) is 0 Å². The molecule has 0 bridgehead atoms. The Morgan fingerprint density at radius 2 is 2.04 bits per heavy atom. The van der Waals surface area contributed by atoms with E-state index in [0.717, 1.165) is 11.4 Å². The number of likely N-dealkylation sites (tertiary alicyclic amines) is 1. The molecule has 1 aliphatic heterocycles. The van der Waals surface area contributed by atoms with Crippen molar-refractivity contribution >= 4 is 5.91 Å². The molecule has 2 heterocycles. The third-order valence-electron chi connectivity index (χ3n) is 4.11. The molecule has 1 amide bonds. The van der Waals surface area contributed by atoms with Gasteiger partial charge in [-0.25, -0.2) is 9.07 Å². The highest BCUT2D eigenvalue weighted by atomic mass is 19.1. The minimum atomic E-state index is -0.450. The molecule has 23 heavy (non-hydrogen) atoms. The number of rotatable bonds is 3. The summed E-state index contributed by atoms with van der Waals surface area (Å²) in [5.74, 6) is -0.345. The van der Waals surface area contributed by atoms with Gasteiger partial charge in [-0.2, -0.15) is 5.10 Å². The monoisotopic (exact) mass is 317 g/mol. The fourth-order valence-corrected chi connectivity index (χ4v) is 2.96. The molecule has 3 rings (SSSR count). The summed E-state index contributed by atoms with van der Waals surface area (Å²) in [7, 11) is 0. The van der Waals surface area contributed by atoms with Crippen molar-refractivity contribution in [3.05, 3.63) is 47.5 Å². The van der Waals surface area contributed by atoms with Crippen molar-refractivity contribution in [3.8, 4) is 5.69 Å². The number of nitrogens with zero attached hydrogens (tertiary/aromatic N) is 3. The largest absolute Gasteiger partial charge is 0.391 e. The van der Waals surface area contributed by atoms with Crippen molar-refractivity contribution in [1.29, 1.82) is 0 Å². The van der Waals surface area contributed by atoms with E-state index in [1.165, 1.54) is 12.1 Å². The second-order valence-electron chi connectivity index (χ2n) is 6.18. The number of carbonyl (C=O) groups is 1. The van der Waals surface area contributed by atoms with Crippen LogP contribution in [0.25, 0.3) is 5.69 Å². The molecule has 0 unspecified atom stereocenters. The normalized spacial score (nSPS) is 18.0. The number of amides is 1. The lowest BCUT2D eigenvalue weighted by atomic mass is 10.0. The molecule has 0 saturated carbocycles. The van der Waals surface area contributed by atoms with Gasteiger partial charge in [-0.1, -0.05) is 13.8 Å². The lowest BCUT2D eigenvalue weighted by Gasteiger charge is -2.17. The van der Waals surface area contributed by atoms with Gasteiger partial charge in [-0.15, -0.1) is 0 Å². The van der Waals surface area contributed by atoms with Gasteiger partial charge in [0.15, 0.2) is 0 Å². The van der Waals surface area contributed by atoms with E-state index in [2.05, 4.69) is 5.10 Å². The minimum Gasteiger partial charge on any atom is -0.391 e. The summed E-state index contributed by atoms with van der Waals surface area (Å²) in [6, 6.07) is 6.03. The van der Waals surface area contributed by atoms with E-state index < -0.39 is 6.10 Å². The highest BCUT2D eigenvalue weighted by Gasteiger charge is 2.29. The lowest BCUT2D eigenvalue weighted by Crippen LogP contribution is -2.30. The van der Waals surface area contributed by atoms with E-state index in [4.69, 9.17) is 0 Å². The van der Waals surface area contributed by atoms with Gasteiger partial charge in [0.1, 0.15) is 5.82 Å². The smallest absolute Gasteiger partial charge is 0.257 e. The Labute approximate surface area is 134 Å². The van der Waals surface area contributed by atoms with Crippen LogP contribution in [0.1, 0.15) is 42.2 Å². The van der Waals surface area contributed by atoms with Crippen molar-refractivity contribution in [2.45, 2.75) is 32.3 Å². The van der Waals surface area contributed by atoms with Gasteiger partial charge >= 0.3 is 0 Å². The predicted octanol–water partition coefficient (Wildman–Crippen LogP) is 2.34. The Bertz CT molecular complexity index is 709. The van der Waals surface area contributed by atoms with Crippen molar-refractivity contribution in [3.63, 3.8) is 0 Å². The second-order valence-corrected chi connectivity index (χ2v) is 6.18. The Morgan fingerprint density at radius 1 is 1.35 bits per heavy atom. The van der Waals surface area contributed by atoms with E-state index in [0.29, 0.717) is 25.1 Å². The number of carbonyl (C=O) groups excluding carboxylic acids is 1. The molecule has 1 aliphatic rings. The van der Waals surface area contributed by atoms with Crippen LogP contribution in [0.15, 0.2) is 30.5 Å². The standard InChI is InChI=1S/C17H20FN3O2/c1-11(2)16-15(17(23)20-8-7-14(22)10-20)9-19-21(16)13-5-3-12(18)4-6-13/h3-6,9,11,14,22H,7-8,10H2,1-2H3/t14-/m1/s1. The zero-order valence-corrected chi connectivity index (χ0v) is 13.2. The van der Waals surface area contributed by atoms with Gasteiger partial charge in [0, 0.05) is 13.1 Å². The summed E-state index contributed by atoms with van der Waals surface area (Å²) in [6.45, 7) is 4.90. The summed E-state index contributed by atoms with van der Waals surface area (Å²) >= 11 is 0. The molecule has 1 aromatic heterocycles. The fourth-order valence-electron chi connectivity index (χ4n) is 2.96. The molecule has 122 valence electrons. The minimum absolute atomic E-state index is 0.0778. The maximum Gasteiger partial charge on any atom is 0.257 e. The summed E-state index contributed by atoms with van der Waals surface area (Å²) in [5.41, 5.74) is 2.05. The summed E-state index contributed by atoms with van der Waals surface area (Å²) in [4.78, 5) is 14.4. The van der Waals surface area contributed by atoms with Gasteiger partial charge in [-0.3, -0.25) is 4.79 Å². The van der Waals surface area contributed by atoms with Crippen LogP contribution < -0.4 is 0 Å². The molecule has 1 aromatic carbocycles. The molecule has 1 fully saturated rings. The van der Waals surface area contributed by atoms with E-state index in [9.17, 15) is 14.3 Å². The lowest BCUT2D eigenvalue weighted by molar-refractivity contribution is 0.0763. The molecule has 1 saturated heterocycles. The highest BCUT2D eigenvalue weighted by Crippen LogP contribution is 2.25. The zero-order chi connectivity index (χ0) is 16.6. The molecule has 0 aliphatic carbocycles. The van der Waals surface area contributed by atoms with E-state index >= 15 is 0 Å². The van der Waals surface area contributed by atoms with Crippen LogP contribution in [0.4, 0.5) is 4.39 Å². The first kappa shape index (κ1) is 15.7. The maximum atomic E-state index is 13.1. The first-order valence-corrected chi connectivity index (χ1v) is 7.78. The van der Waals surface area contributed by atoms with Gasteiger partial charge < -0.3 is 10.0 Å². The third kappa shape index (κ3) is 2.99. The quantitative estimate of drug-likeness (QED) is 0.945. The molecule has 1 atom stereocenters. The number of β-amino-alcohol motifs (C(OH)–C–C–N with tert-alkyl or cyclic N) is 1. The Balaban J connectivity index is 1.99. The summed E-state index contributed by atoms with van der Waals surface area (Å²) in [5, 5.41) is 14.0. The molecule has 0 radical (unpaired) electrons. The van der Waals surface area contributed by atoms with E-state index in [-0.39, 0.29) is 17.6 Å². The number of hydrogen-bond donors (Lipinski definition) is 1. The highest BCUT2D eigenvalue weighted by molar-refractivity contribution is 5.95. The maximum absolute atomic E-state index is 13.1. The van der Waals surface area contributed by atoms with Crippen LogP contribution in [0.5, 0.6) is 0 Å². The number of aromatic nitrogens is 2. The zero-order valence-electron chi connectivity index (χ0n) is 13.2. The first-order valence-electron chi connectivity index (χ1n) is 7.78. The molecule has 2 aromatic rings. The van der Waals surface area contributed by atoms with Crippen LogP contribution in [0.3, 0.4) is 0 Å². The number of aliphatic hydroxyl groups is 1. The number of benzene rings is 1. The van der Waals surface area contributed by atoms with Gasteiger partial charge in [0.25, 0.3) is 5.91 Å². The van der Waals surface area contributed by atoms with Crippen LogP contribution in [-0.4, -0.2) is 44.9 Å².